The maximum absolute atomic E-state index is 4.43. The fourth-order valence-electron chi connectivity index (χ4n) is 7.58. The summed E-state index contributed by atoms with van der Waals surface area (Å²) in [4.78, 5) is 0. The fraction of sp³-hybridized carbons (Fsp3) is 0.581. The summed E-state index contributed by atoms with van der Waals surface area (Å²) in [7, 11) is 0. The van der Waals surface area contributed by atoms with Crippen LogP contribution in [0.1, 0.15) is 120 Å². The molecule has 2 heterocycles. The molecule has 2 aromatic rings. The zero-order valence-electron chi connectivity index (χ0n) is 20.8. The van der Waals surface area contributed by atoms with Gasteiger partial charge in [-0.1, -0.05) is 46.3 Å². The number of rotatable bonds is 7. The Morgan fingerprint density at radius 1 is 0.969 bits per heavy atom. The molecule has 1 nitrogen and oxygen atoms in total. The summed E-state index contributed by atoms with van der Waals surface area (Å²) in [6, 6.07) is 10.2. The Bertz CT molecular complexity index is 1020. The molecule has 1 fully saturated rings. The lowest BCUT2D eigenvalue weighted by atomic mass is 9.57. The molecule has 6 rings (SSSR count). The van der Waals surface area contributed by atoms with Gasteiger partial charge in [0.25, 0.3) is 0 Å². The van der Waals surface area contributed by atoms with Crippen molar-refractivity contribution in [2.45, 2.75) is 115 Å². The molecule has 1 aromatic heterocycles. The Labute approximate surface area is 196 Å². The number of unbranched alkanes of at least 4 members (excludes halogenated alkanes) is 2. The van der Waals surface area contributed by atoms with Crippen LogP contribution in [0.3, 0.4) is 0 Å². The Morgan fingerprint density at radius 3 is 2.25 bits per heavy atom. The van der Waals surface area contributed by atoms with Gasteiger partial charge in [-0.3, -0.25) is 0 Å². The molecule has 1 aliphatic heterocycles. The van der Waals surface area contributed by atoms with Crippen molar-refractivity contribution in [1.29, 1.82) is 0 Å². The van der Waals surface area contributed by atoms with Crippen molar-refractivity contribution >= 4 is 0 Å². The van der Waals surface area contributed by atoms with E-state index in [0.29, 0.717) is 0 Å². The molecule has 32 heavy (non-hydrogen) atoms. The minimum Gasteiger partial charge on any atom is -0.188 e. The third-order valence-corrected chi connectivity index (χ3v) is 9.76. The molecule has 2 unspecified atom stereocenters. The summed E-state index contributed by atoms with van der Waals surface area (Å²) >= 11 is 0. The maximum atomic E-state index is 4.43. The maximum Gasteiger partial charge on any atom is 0.213 e. The first-order valence-electron chi connectivity index (χ1n) is 13.4. The Kier molecular flexibility index (Phi) is 5.59. The second kappa shape index (κ2) is 8.15. The van der Waals surface area contributed by atoms with Gasteiger partial charge < -0.3 is 0 Å². The standard InChI is InChI=1S/C31H42N/c1-6-10-11-12-22-17-18-32-29(19-22)27-20-25-23-13-15-24(16-14-23)26(25)21-28(27)30(5,7-2)31(32,8-3)9-4/h8,17-21,23-24H,3,6-7,9-16H2,1-2,4-5H3/q+1. The number of fused-ring (bicyclic) bond motifs is 5. The number of hydrogen-bond acceptors (Lipinski definition) is 0. The molecule has 0 amide bonds. The number of allylic oxidation sites excluding steroid dienone is 1. The van der Waals surface area contributed by atoms with Crippen molar-refractivity contribution in [2.24, 2.45) is 0 Å². The fourth-order valence-corrected chi connectivity index (χ4v) is 7.58. The second-order valence-electron chi connectivity index (χ2n) is 11.0. The van der Waals surface area contributed by atoms with Gasteiger partial charge >= 0.3 is 0 Å². The lowest BCUT2D eigenvalue weighted by Gasteiger charge is -2.48. The summed E-state index contributed by atoms with van der Waals surface area (Å²) in [5, 5.41) is 0. The summed E-state index contributed by atoms with van der Waals surface area (Å²) in [6.07, 6.45) is 17.5. The van der Waals surface area contributed by atoms with E-state index in [9.17, 15) is 0 Å². The van der Waals surface area contributed by atoms with Gasteiger partial charge in [0, 0.05) is 18.6 Å². The first-order chi connectivity index (χ1) is 15.5. The van der Waals surface area contributed by atoms with Crippen LogP contribution in [0.5, 0.6) is 0 Å². The van der Waals surface area contributed by atoms with Gasteiger partial charge in [-0.2, -0.15) is 4.57 Å². The summed E-state index contributed by atoms with van der Waals surface area (Å²) < 4.78 is 2.60. The van der Waals surface area contributed by atoms with Crippen LogP contribution in [-0.2, 0) is 17.4 Å². The highest BCUT2D eigenvalue weighted by Gasteiger charge is 2.58. The van der Waals surface area contributed by atoms with Gasteiger partial charge in [0.2, 0.25) is 5.69 Å². The summed E-state index contributed by atoms with van der Waals surface area (Å²) in [6.45, 7) is 14.0. The molecule has 0 N–H and O–H groups in total. The highest BCUT2D eigenvalue weighted by molar-refractivity contribution is 5.69. The first kappa shape index (κ1) is 21.9. The molecule has 1 saturated carbocycles. The minimum atomic E-state index is -0.0893. The molecule has 170 valence electrons. The molecule has 3 aliphatic carbocycles. The predicted octanol–water partition coefficient (Wildman–Crippen LogP) is 8.10. The van der Waals surface area contributed by atoms with Gasteiger partial charge in [-0.15, -0.1) is 0 Å². The summed E-state index contributed by atoms with van der Waals surface area (Å²) in [5.74, 6) is 1.57. The quantitative estimate of drug-likeness (QED) is 0.238. The number of aryl methyl sites for hydroxylation is 1. The molecule has 0 saturated heterocycles. The van der Waals surface area contributed by atoms with Gasteiger partial charge in [0.05, 0.1) is 11.0 Å². The molecular formula is C31H42N+. The van der Waals surface area contributed by atoms with Gasteiger partial charge in [0.15, 0.2) is 11.7 Å². The van der Waals surface area contributed by atoms with E-state index in [-0.39, 0.29) is 11.0 Å². The molecule has 0 spiro atoms. The van der Waals surface area contributed by atoms with Gasteiger partial charge in [-0.05, 0) is 98.1 Å². The van der Waals surface area contributed by atoms with Crippen LogP contribution in [0.2, 0.25) is 0 Å². The molecular weight excluding hydrogens is 386 g/mol. The van der Waals surface area contributed by atoms with Crippen LogP contribution in [0, 0.1) is 0 Å². The first-order valence-corrected chi connectivity index (χ1v) is 13.4. The molecule has 0 radical (unpaired) electrons. The van der Waals surface area contributed by atoms with E-state index in [2.05, 4.69) is 75.4 Å². The monoisotopic (exact) mass is 428 g/mol. The average molecular weight is 429 g/mol. The minimum absolute atomic E-state index is 0.0476. The Balaban J connectivity index is 1.76. The van der Waals surface area contributed by atoms with Crippen molar-refractivity contribution in [2.75, 3.05) is 0 Å². The molecule has 2 atom stereocenters. The number of benzene rings is 1. The van der Waals surface area contributed by atoms with E-state index < -0.39 is 0 Å². The Hall–Kier alpha value is -1.89. The van der Waals surface area contributed by atoms with E-state index in [0.717, 1.165) is 24.7 Å². The van der Waals surface area contributed by atoms with Crippen molar-refractivity contribution < 1.29 is 4.57 Å². The number of hydrogen-bond donors (Lipinski definition) is 0. The van der Waals surface area contributed by atoms with Crippen LogP contribution in [0.4, 0.5) is 0 Å². The van der Waals surface area contributed by atoms with E-state index >= 15 is 0 Å². The topological polar surface area (TPSA) is 3.88 Å². The van der Waals surface area contributed by atoms with Gasteiger partial charge in [-0.25, -0.2) is 0 Å². The van der Waals surface area contributed by atoms with Crippen molar-refractivity contribution in [3.63, 3.8) is 0 Å². The van der Waals surface area contributed by atoms with Crippen LogP contribution < -0.4 is 4.57 Å². The third kappa shape index (κ3) is 2.92. The zero-order valence-corrected chi connectivity index (χ0v) is 20.8. The van der Waals surface area contributed by atoms with Crippen LogP contribution in [0.15, 0.2) is 43.1 Å². The largest absolute Gasteiger partial charge is 0.213 e. The van der Waals surface area contributed by atoms with Crippen molar-refractivity contribution in [3.8, 4) is 11.3 Å². The SMILES string of the molecule is C=CC1(CC)[n+]2ccc(CCCCC)cc2-c2cc3c(cc2C1(C)CC)C1CCC3CC1. The van der Waals surface area contributed by atoms with Gasteiger partial charge in [0.1, 0.15) is 0 Å². The van der Waals surface area contributed by atoms with Crippen LogP contribution in [0.25, 0.3) is 11.3 Å². The lowest BCUT2D eigenvalue weighted by Crippen LogP contribution is -2.68. The van der Waals surface area contributed by atoms with E-state index in [4.69, 9.17) is 0 Å². The zero-order chi connectivity index (χ0) is 22.5. The molecule has 1 aromatic carbocycles. The normalized spacial score (nSPS) is 29.9. The smallest absolute Gasteiger partial charge is 0.188 e. The molecule has 1 heteroatoms. The van der Waals surface area contributed by atoms with E-state index in [1.165, 1.54) is 68.2 Å². The Morgan fingerprint density at radius 2 is 1.66 bits per heavy atom. The summed E-state index contributed by atoms with van der Waals surface area (Å²) in [5.41, 5.74) is 9.32. The van der Waals surface area contributed by atoms with E-state index in [1.54, 1.807) is 16.7 Å². The lowest BCUT2D eigenvalue weighted by molar-refractivity contribution is -0.756. The van der Waals surface area contributed by atoms with Crippen molar-refractivity contribution in [3.05, 3.63) is 65.4 Å². The predicted molar refractivity (Wildman–Crippen MR) is 135 cm³/mol. The average Bonchev–Trinajstić information content (AvgIpc) is 2.85. The van der Waals surface area contributed by atoms with Crippen LogP contribution in [-0.4, -0.2) is 0 Å². The van der Waals surface area contributed by atoms with E-state index in [1.807, 2.05) is 0 Å². The van der Waals surface area contributed by atoms with Crippen molar-refractivity contribution in [1.82, 2.24) is 0 Å². The highest BCUT2D eigenvalue weighted by Crippen LogP contribution is 2.55. The second-order valence-corrected chi connectivity index (χ2v) is 11.0. The number of pyridine rings is 1. The molecule has 4 aliphatic rings. The number of nitrogens with zero attached hydrogens (tertiary/aromatic N) is 1. The highest BCUT2D eigenvalue weighted by atomic mass is 15.1. The molecule has 2 bridgehead atoms. The third-order valence-electron chi connectivity index (χ3n) is 9.76. The number of aromatic nitrogens is 1. The van der Waals surface area contributed by atoms with Crippen LogP contribution >= 0.6 is 0 Å².